The van der Waals surface area contributed by atoms with Crippen molar-refractivity contribution in [1.82, 2.24) is 46.2 Å². The molecule has 15 nitrogen and oxygen atoms in total. The van der Waals surface area contributed by atoms with Gasteiger partial charge in [-0.2, -0.15) is 0 Å². The van der Waals surface area contributed by atoms with Crippen molar-refractivity contribution in [2.24, 2.45) is 41.2 Å². The number of primary amides is 1. The number of hydrogen-bond acceptors (Lipinski definition) is 12. The maximum atomic E-state index is 15.2. The molecule has 1 heterocycles. The fraction of sp³-hybridized carbons (Fsp3) is 0.608. The summed E-state index contributed by atoms with van der Waals surface area (Å²) >= 11 is 1.84. The van der Waals surface area contributed by atoms with Crippen molar-refractivity contribution < 1.29 is 19.1 Å². The number of amides is 4. The lowest BCUT2D eigenvalue weighted by molar-refractivity contribution is -0.137. The van der Waals surface area contributed by atoms with E-state index in [1.807, 2.05) is 54.9 Å². The second kappa shape index (κ2) is 42.4. The lowest BCUT2D eigenvalue weighted by atomic mass is 9.81. The van der Waals surface area contributed by atoms with Crippen LogP contribution in [0.2, 0.25) is 0 Å². The molecule has 0 radical (unpaired) electrons. The summed E-state index contributed by atoms with van der Waals surface area (Å²) in [5, 5.41) is 21.4. The average Bonchev–Trinajstić information content (AvgIpc) is 1.00. The maximum Gasteiger partial charge on any atom is 0.312 e. The molecule has 2 aromatic carbocycles. The molecular formula is C79H132BN11O4S. The van der Waals surface area contributed by atoms with Gasteiger partial charge in [0.2, 0.25) is 11.8 Å². The third-order valence-corrected chi connectivity index (χ3v) is 21.0. The number of unbranched alkanes of at least 4 members (excludes halogenated alkanes) is 3. The molecule has 0 aromatic heterocycles. The van der Waals surface area contributed by atoms with Crippen molar-refractivity contribution in [2.45, 2.75) is 234 Å². The Morgan fingerprint density at radius 1 is 0.729 bits per heavy atom. The van der Waals surface area contributed by atoms with Gasteiger partial charge in [-0.3, -0.25) is 9.59 Å². The Morgan fingerprint density at radius 2 is 1.38 bits per heavy atom. The number of hydrogen-bond donors (Lipinski definition) is 7. The second-order valence-electron chi connectivity index (χ2n) is 28.4. The molecule has 0 bridgehead atoms. The molecule has 0 saturated carbocycles. The molecule has 0 aliphatic carbocycles. The molecule has 96 heavy (non-hydrogen) atoms. The fourth-order valence-electron chi connectivity index (χ4n) is 13.6. The molecule has 4 amide bonds. The van der Waals surface area contributed by atoms with Crippen LogP contribution in [0.15, 0.2) is 153 Å². The van der Waals surface area contributed by atoms with E-state index >= 15 is 4.79 Å². The van der Waals surface area contributed by atoms with Gasteiger partial charge in [-0.1, -0.05) is 204 Å². The Balaban J connectivity index is 1.70. The van der Waals surface area contributed by atoms with Crippen molar-refractivity contribution >= 4 is 42.3 Å². The number of carbonyl (C=O) groups excluding carboxylic acids is 3. The summed E-state index contributed by atoms with van der Waals surface area (Å²) in [4.78, 5) is 49.5. The van der Waals surface area contributed by atoms with Crippen molar-refractivity contribution in [1.29, 1.82) is 0 Å². The number of carbonyl (C=O) groups is 3. The normalized spacial score (nSPS) is 16.6. The minimum atomic E-state index is -0.580. The first-order chi connectivity index (χ1) is 45.4. The quantitative estimate of drug-likeness (QED) is 0.0190. The van der Waals surface area contributed by atoms with Gasteiger partial charge >= 0.3 is 6.03 Å². The number of likely N-dealkylation sites (N-methyl/N-ethyl adjacent to an activating group) is 2. The Morgan fingerprint density at radius 3 is 1.93 bits per heavy atom. The van der Waals surface area contributed by atoms with Gasteiger partial charge in [-0.05, 0) is 111 Å². The minimum Gasteiger partial charge on any atom is -0.385 e. The highest BCUT2D eigenvalue weighted by molar-refractivity contribution is 8.20. The van der Waals surface area contributed by atoms with Gasteiger partial charge in [-0.25, -0.2) is 16.4 Å². The smallest absolute Gasteiger partial charge is 0.312 e. The summed E-state index contributed by atoms with van der Waals surface area (Å²) in [5.41, 5.74) is 16.0. The van der Waals surface area contributed by atoms with Crippen molar-refractivity contribution in [2.75, 3.05) is 46.2 Å². The Bertz CT molecular complexity index is 2830. The van der Waals surface area contributed by atoms with Crippen LogP contribution in [0.3, 0.4) is 0 Å². The summed E-state index contributed by atoms with van der Waals surface area (Å²) < 4.78 is 6.38. The Labute approximate surface area is 589 Å². The molecule has 17 heteroatoms. The molecular weight excluding hydrogens is 1210 g/mol. The van der Waals surface area contributed by atoms with Crippen molar-refractivity contribution in [3.8, 4) is 0 Å². The Kier molecular flexibility index (Phi) is 37.0. The summed E-state index contributed by atoms with van der Waals surface area (Å²) in [6.07, 6.45) is 11.3. The summed E-state index contributed by atoms with van der Waals surface area (Å²) in [5.74, 6) is 0.683. The van der Waals surface area contributed by atoms with Gasteiger partial charge in [0.25, 0.3) is 0 Å². The first-order valence-corrected chi connectivity index (χ1v) is 37.3. The highest BCUT2D eigenvalue weighted by Crippen LogP contribution is 2.37. The zero-order valence-corrected chi connectivity index (χ0v) is 63.8. The SMILES string of the molecule is BSC1CC(=C)N(CCCCCC(=C)NC(C(=C)N[C@@H](CCCNC(N)=O)C(=C)Nc2ccc(CCC(=O)N(C)C(C(=C)N[C@H](C(=O)N(C)C(C(C)CC)C(CC)CC(=C)N(CCCC)C(OC)C(C)C(=C)NC(C)C(C)c3ccccc3)C(C)C)C(C)C)cc2)C(C)C)C1=C. The van der Waals surface area contributed by atoms with E-state index in [0.717, 1.165) is 111 Å². The number of ether oxygens (including phenoxy) is 1. The number of methoxy groups -OCH3 is 1. The first kappa shape index (κ1) is 83.8. The number of anilines is 1. The van der Waals surface area contributed by atoms with E-state index in [4.69, 9.17) is 17.0 Å². The maximum absolute atomic E-state index is 15.2. The zero-order valence-electron chi connectivity index (χ0n) is 62.9. The zero-order chi connectivity index (χ0) is 72.1. The monoisotopic (exact) mass is 1340 g/mol. The van der Waals surface area contributed by atoms with Gasteiger partial charge in [0.1, 0.15) is 12.3 Å². The van der Waals surface area contributed by atoms with E-state index in [0.29, 0.717) is 43.2 Å². The van der Waals surface area contributed by atoms with E-state index in [9.17, 15) is 9.59 Å². The van der Waals surface area contributed by atoms with Gasteiger partial charge in [0.05, 0.1) is 18.1 Å². The topological polar surface area (TPSA) is 172 Å². The van der Waals surface area contributed by atoms with Crippen LogP contribution in [0, 0.1) is 35.5 Å². The molecule has 1 fully saturated rings. The number of nitrogens with two attached hydrogens (primary N) is 1. The number of benzene rings is 2. The molecule has 8 N–H and O–H groups in total. The number of rotatable bonds is 49. The summed E-state index contributed by atoms with van der Waals surface area (Å²) in [7, 11) is 7.74. The second-order valence-corrected chi connectivity index (χ2v) is 29.4. The van der Waals surface area contributed by atoms with E-state index in [1.165, 1.54) is 17.0 Å². The molecule has 3 rings (SSSR count). The molecule has 12 atom stereocenters. The number of nitrogens with zero attached hydrogens (tertiary/aromatic N) is 4. The van der Waals surface area contributed by atoms with E-state index in [1.54, 1.807) is 12.0 Å². The Hall–Kier alpha value is -6.46. The van der Waals surface area contributed by atoms with Crippen LogP contribution < -0.4 is 37.6 Å². The van der Waals surface area contributed by atoms with Crippen LogP contribution in [0.1, 0.15) is 191 Å². The highest BCUT2D eigenvalue weighted by atomic mass is 32.2. The highest BCUT2D eigenvalue weighted by Gasteiger charge is 2.39. The minimum absolute atomic E-state index is 0.00447. The molecule has 1 saturated heterocycles. The number of allylic oxidation sites excluding steroid dienone is 3. The van der Waals surface area contributed by atoms with Crippen LogP contribution >= 0.6 is 11.6 Å². The predicted molar refractivity (Wildman–Crippen MR) is 413 cm³/mol. The molecule has 536 valence electrons. The molecule has 2 aromatic rings. The lowest BCUT2D eigenvalue weighted by Crippen LogP contribution is -2.56. The standard InChI is InChI=1S/C79H132BN11O4S/c1-25-28-47-91(78(95-24)59(15)61(17)84-60(16)58(14)68-37-32-29-33-38-68)56(12)49-67(27-3)76(54(10)26-2)89(23)77(93)74(52(6)7)87-64(20)75(53(8)9)88(22)72(92)45-42-66-40-43-69(44-41-66)85-62(18)70(39-35-46-82-79(81)94)86-63(19)73(51(4)5)83-55(11)36-31-30-34-48-90-57(13)50-71(96-80)65(90)21/h29,32-33,37-38,40-41,43-44,51-54,58-60,67,70-71,73-76,78,83-87H,11-13,17-21,25-28,30-31,34-36,39,42,45-50,80H2,1-10,14-16,22-24H3,(H3,81,82,94)/t54?,58?,59?,60?,67?,70-,71?,73?,74-,75?,76?,78?/m0/s1. The van der Waals surface area contributed by atoms with Crippen LogP contribution in [0.4, 0.5) is 10.5 Å². The largest absolute Gasteiger partial charge is 0.385 e. The number of urea groups is 1. The average molecular weight is 1340 g/mol. The van der Waals surface area contributed by atoms with Crippen molar-refractivity contribution in [3.63, 3.8) is 0 Å². The van der Waals surface area contributed by atoms with Gasteiger partial charge in [0, 0.05) is 134 Å². The number of nitrogens with one attached hydrogen (secondary N) is 6. The van der Waals surface area contributed by atoms with E-state index in [-0.39, 0.29) is 96.1 Å². The summed E-state index contributed by atoms with van der Waals surface area (Å²) in [6, 6.07) is 16.9. The molecule has 10 unspecified atom stereocenters. The van der Waals surface area contributed by atoms with Crippen LogP contribution in [-0.2, 0) is 20.7 Å². The molecule has 1 aliphatic heterocycles. The van der Waals surface area contributed by atoms with Gasteiger partial charge in [0.15, 0.2) is 7.12 Å². The molecule has 1 aliphatic rings. The third-order valence-electron chi connectivity index (χ3n) is 20.0. The number of aryl methyl sites for hydroxylation is 1. The van der Waals surface area contributed by atoms with Crippen molar-refractivity contribution in [3.05, 3.63) is 164 Å². The predicted octanol–water partition coefficient (Wildman–Crippen LogP) is 15.0. The van der Waals surface area contributed by atoms with E-state index in [2.05, 4.69) is 215 Å². The molecule has 0 spiro atoms. The van der Waals surface area contributed by atoms with Crippen LogP contribution in [-0.4, -0.2) is 133 Å². The van der Waals surface area contributed by atoms with Crippen LogP contribution in [0.5, 0.6) is 0 Å². The third kappa shape index (κ3) is 25.8. The van der Waals surface area contributed by atoms with E-state index < -0.39 is 12.1 Å². The summed E-state index contributed by atoms with van der Waals surface area (Å²) in [6.45, 7) is 66.3. The van der Waals surface area contributed by atoms with Gasteiger partial charge < -0.3 is 62.0 Å². The lowest BCUT2D eigenvalue weighted by Gasteiger charge is -2.44. The first-order valence-electron chi connectivity index (χ1n) is 36.0. The number of likely N-dealkylation sites (tertiary alicyclic amines) is 1. The van der Waals surface area contributed by atoms with Gasteiger partial charge in [-0.15, -0.1) is 0 Å². The fourth-order valence-corrected chi connectivity index (χ4v) is 14.3. The van der Waals surface area contributed by atoms with Crippen LogP contribution in [0.25, 0.3) is 0 Å².